The highest BCUT2D eigenvalue weighted by Crippen LogP contribution is 2.26. The van der Waals surface area contributed by atoms with Crippen molar-refractivity contribution in [1.82, 2.24) is 4.98 Å². The lowest BCUT2D eigenvalue weighted by atomic mass is 10.1. The fraction of sp³-hybridized carbons (Fsp3) is 0.172. The number of carbonyl (C=O) groups is 2. The highest BCUT2D eigenvalue weighted by molar-refractivity contribution is 6.09. The summed E-state index contributed by atoms with van der Waals surface area (Å²) < 4.78 is 11.0. The smallest absolute Gasteiger partial charge is 0.326 e. The Hall–Kier alpha value is -4.72. The molecule has 3 N–H and O–H groups in total. The number of amidine groups is 1. The second-order valence-electron chi connectivity index (χ2n) is 8.42. The number of fused-ring (bicyclic) bond motifs is 1. The molecule has 0 bridgehead atoms. The molecule has 3 aromatic carbocycles. The molecule has 4 aromatic rings. The average Bonchev–Trinajstić information content (AvgIpc) is 2.91. The molecule has 0 radical (unpaired) electrons. The fourth-order valence-electron chi connectivity index (χ4n) is 3.94. The van der Waals surface area contributed by atoms with Crippen molar-refractivity contribution in [3.05, 3.63) is 101 Å². The van der Waals surface area contributed by atoms with Gasteiger partial charge in [0.15, 0.2) is 0 Å². The maximum absolute atomic E-state index is 13.3. The van der Waals surface area contributed by atoms with Gasteiger partial charge in [-0.1, -0.05) is 24.3 Å². The van der Waals surface area contributed by atoms with Gasteiger partial charge in [0.25, 0.3) is 5.91 Å². The number of aromatic nitrogens is 1. The largest absolute Gasteiger partial charge is 0.487 e. The average molecular weight is 497 g/mol. The Labute approximate surface area is 215 Å². The molecule has 0 atom stereocenters. The molecule has 1 amide bonds. The van der Waals surface area contributed by atoms with E-state index < -0.39 is 5.97 Å². The Morgan fingerprint density at radius 2 is 1.70 bits per heavy atom. The van der Waals surface area contributed by atoms with Crippen LogP contribution in [0.4, 0.5) is 5.69 Å². The lowest BCUT2D eigenvalue weighted by Gasteiger charge is -2.22. The third-order valence-corrected chi connectivity index (χ3v) is 5.78. The van der Waals surface area contributed by atoms with E-state index in [1.54, 1.807) is 61.5 Å². The van der Waals surface area contributed by atoms with Crippen LogP contribution in [0.25, 0.3) is 10.9 Å². The van der Waals surface area contributed by atoms with Gasteiger partial charge in [0.05, 0.1) is 17.8 Å². The molecule has 4 rings (SSSR count). The van der Waals surface area contributed by atoms with Crippen LogP contribution in [0.15, 0.2) is 78.9 Å². The number of hydrogen-bond donors (Lipinski definition) is 2. The van der Waals surface area contributed by atoms with Crippen molar-refractivity contribution in [3.63, 3.8) is 0 Å². The minimum absolute atomic E-state index is 0.00285. The highest BCUT2D eigenvalue weighted by Gasteiger charge is 2.22. The number of hydrogen-bond acceptors (Lipinski definition) is 6. The summed E-state index contributed by atoms with van der Waals surface area (Å²) in [5, 5.41) is 8.43. The van der Waals surface area contributed by atoms with Gasteiger partial charge in [0, 0.05) is 22.2 Å². The van der Waals surface area contributed by atoms with Gasteiger partial charge in [0.1, 0.15) is 24.7 Å². The molecule has 1 aromatic heterocycles. The number of nitrogens with two attached hydrogens (primary N) is 1. The van der Waals surface area contributed by atoms with Crippen molar-refractivity contribution in [2.24, 2.45) is 5.73 Å². The van der Waals surface area contributed by atoms with E-state index >= 15 is 0 Å². The van der Waals surface area contributed by atoms with Crippen LogP contribution < -0.4 is 15.4 Å². The van der Waals surface area contributed by atoms with Gasteiger partial charge < -0.3 is 15.2 Å². The summed E-state index contributed by atoms with van der Waals surface area (Å²) >= 11 is 0. The van der Waals surface area contributed by atoms with Gasteiger partial charge in [-0.05, 0) is 74.0 Å². The van der Waals surface area contributed by atoms with Crippen LogP contribution in [0.2, 0.25) is 0 Å². The van der Waals surface area contributed by atoms with E-state index in [0.29, 0.717) is 33.8 Å². The van der Waals surface area contributed by atoms with E-state index in [-0.39, 0.29) is 31.5 Å². The van der Waals surface area contributed by atoms with Crippen molar-refractivity contribution in [2.75, 3.05) is 18.1 Å². The molecule has 0 saturated heterocycles. The Balaban J connectivity index is 1.63. The second kappa shape index (κ2) is 11.3. The molecular weight excluding hydrogens is 468 g/mol. The van der Waals surface area contributed by atoms with Crippen molar-refractivity contribution in [2.45, 2.75) is 20.5 Å². The first kappa shape index (κ1) is 25.4. The number of rotatable bonds is 9. The number of nitrogen functional groups attached to an aromatic ring is 1. The third-order valence-electron chi connectivity index (χ3n) is 5.78. The van der Waals surface area contributed by atoms with Crippen LogP contribution >= 0.6 is 0 Å². The van der Waals surface area contributed by atoms with Crippen molar-refractivity contribution >= 4 is 34.3 Å². The Bertz CT molecular complexity index is 1440. The highest BCUT2D eigenvalue weighted by atomic mass is 16.5. The summed E-state index contributed by atoms with van der Waals surface area (Å²) in [7, 11) is 0. The van der Waals surface area contributed by atoms with Gasteiger partial charge in [0.2, 0.25) is 0 Å². The summed E-state index contributed by atoms with van der Waals surface area (Å²) in [6, 6.07) is 23.2. The maximum atomic E-state index is 13.3. The minimum Gasteiger partial charge on any atom is -0.487 e. The van der Waals surface area contributed by atoms with E-state index in [1.165, 1.54) is 4.90 Å². The molecule has 0 aliphatic heterocycles. The number of nitrogens with one attached hydrogen (secondary N) is 1. The summed E-state index contributed by atoms with van der Waals surface area (Å²) in [6.07, 6.45) is 0. The number of esters is 1. The number of benzene rings is 3. The predicted octanol–water partition coefficient (Wildman–Crippen LogP) is 4.62. The van der Waals surface area contributed by atoms with Gasteiger partial charge in [-0.2, -0.15) is 0 Å². The number of nitrogens with zero attached hydrogens (tertiary/aromatic N) is 2. The normalized spacial score (nSPS) is 10.6. The number of carbonyl (C=O) groups excluding carboxylic acids is 2. The summed E-state index contributed by atoms with van der Waals surface area (Å²) in [6.45, 7) is 3.96. The number of aryl methyl sites for hydroxylation is 1. The molecule has 0 spiro atoms. The van der Waals surface area contributed by atoms with Gasteiger partial charge >= 0.3 is 5.97 Å². The number of ether oxygens (including phenoxy) is 2. The summed E-state index contributed by atoms with van der Waals surface area (Å²) in [4.78, 5) is 31.8. The van der Waals surface area contributed by atoms with Gasteiger partial charge in [-0.25, -0.2) is 4.98 Å². The topological polar surface area (TPSA) is 119 Å². The van der Waals surface area contributed by atoms with E-state index in [1.807, 2.05) is 31.2 Å². The molecule has 0 fully saturated rings. The lowest BCUT2D eigenvalue weighted by molar-refractivity contribution is -0.141. The quantitative estimate of drug-likeness (QED) is 0.198. The van der Waals surface area contributed by atoms with Gasteiger partial charge in [-0.3, -0.25) is 19.9 Å². The van der Waals surface area contributed by atoms with E-state index in [9.17, 15) is 9.59 Å². The molecule has 1 heterocycles. The van der Waals surface area contributed by atoms with Crippen molar-refractivity contribution in [1.29, 1.82) is 5.41 Å². The molecule has 8 heteroatoms. The van der Waals surface area contributed by atoms with Crippen molar-refractivity contribution in [3.8, 4) is 5.75 Å². The van der Waals surface area contributed by atoms with Crippen LogP contribution in [0.3, 0.4) is 0 Å². The molecule has 0 unspecified atom stereocenters. The second-order valence-corrected chi connectivity index (χ2v) is 8.42. The van der Waals surface area contributed by atoms with Crippen molar-refractivity contribution < 1.29 is 19.1 Å². The zero-order chi connectivity index (χ0) is 26.4. The molecular formula is C29H28N4O4. The lowest BCUT2D eigenvalue weighted by Crippen LogP contribution is -2.36. The first-order chi connectivity index (χ1) is 17.9. The minimum atomic E-state index is -0.492. The standard InChI is InChI=1S/C29H28N4O4/c1-3-36-27(34)17-33(29(35)21-7-5-4-6-8-21)23-11-14-25-19(2)15-22(32-26(25)16-23)18-37-24-12-9-20(10-13-24)28(30)31/h4-16H,3,17-18H2,1-2H3,(H3,30,31). The Kier molecular flexibility index (Phi) is 7.78. The molecule has 8 nitrogen and oxygen atoms in total. The van der Waals surface area contributed by atoms with Gasteiger partial charge in [-0.15, -0.1) is 0 Å². The predicted molar refractivity (Wildman–Crippen MR) is 143 cm³/mol. The molecule has 0 aliphatic rings. The SMILES string of the molecule is CCOC(=O)CN(C(=O)c1ccccc1)c1ccc2c(C)cc(COc3ccc(C(=N)N)cc3)nc2c1. The van der Waals surface area contributed by atoms with Crippen LogP contribution in [0, 0.1) is 12.3 Å². The van der Waals surface area contributed by atoms with Crippen LogP contribution in [-0.2, 0) is 16.1 Å². The molecule has 0 saturated carbocycles. The van der Waals surface area contributed by atoms with Crippen LogP contribution in [0.5, 0.6) is 5.75 Å². The Morgan fingerprint density at radius 1 is 0.973 bits per heavy atom. The fourth-order valence-corrected chi connectivity index (χ4v) is 3.94. The maximum Gasteiger partial charge on any atom is 0.326 e. The van der Waals surface area contributed by atoms with E-state index in [2.05, 4.69) is 0 Å². The monoisotopic (exact) mass is 496 g/mol. The van der Waals surface area contributed by atoms with Crippen LogP contribution in [-0.4, -0.2) is 35.8 Å². The van der Waals surface area contributed by atoms with E-state index in [0.717, 1.165) is 10.9 Å². The first-order valence-electron chi connectivity index (χ1n) is 11.9. The number of anilines is 1. The summed E-state index contributed by atoms with van der Waals surface area (Å²) in [5.41, 5.74) is 9.54. The zero-order valence-electron chi connectivity index (χ0n) is 20.7. The summed E-state index contributed by atoms with van der Waals surface area (Å²) in [5.74, 6) is -0.170. The third kappa shape index (κ3) is 6.10. The number of amides is 1. The first-order valence-corrected chi connectivity index (χ1v) is 11.9. The molecule has 37 heavy (non-hydrogen) atoms. The number of pyridine rings is 1. The van der Waals surface area contributed by atoms with E-state index in [4.69, 9.17) is 25.6 Å². The molecule has 188 valence electrons. The molecule has 0 aliphatic carbocycles. The van der Waals surface area contributed by atoms with Crippen LogP contribution in [0.1, 0.15) is 34.1 Å². The Morgan fingerprint density at radius 3 is 2.38 bits per heavy atom. The zero-order valence-corrected chi connectivity index (χ0v) is 20.7.